The summed E-state index contributed by atoms with van der Waals surface area (Å²) >= 11 is 0. The summed E-state index contributed by atoms with van der Waals surface area (Å²) in [4.78, 5) is 23.8. The molecule has 0 bridgehead atoms. The summed E-state index contributed by atoms with van der Waals surface area (Å²) < 4.78 is 81.8. The zero-order valence-electron chi connectivity index (χ0n) is 16.8. The molecule has 0 heterocycles. The molecule has 172 valence electrons. The summed E-state index contributed by atoms with van der Waals surface area (Å²) in [5.74, 6) is -2.40. The van der Waals surface area contributed by atoms with E-state index in [1.807, 2.05) is 0 Å². The molecule has 0 unspecified atom stereocenters. The largest absolute Gasteiger partial charge is 0.478 e. The predicted molar refractivity (Wildman–Crippen MR) is 108 cm³/mol. The second kappa shape index (κ2) is 8.61. The molecule has 0 fully saturated rings. The average molecular weight is 467 g/mol. The molecule has 0 spiro atoms. The maximum Gasteiger partial charge on any atom is 0.417 e. The summed E-state index contributed by atoms with van der Waals surface area (Å²) in [6.07, 6.45) is -9.93. The van der Waals surface area contributed by atoms with Gasteiger partial charge in [0, 0.05) is 5.69 Å². The van der Waals surface area contributed by atoms with E-state index >= 15 is 0 Å². The number of benzene rings is 3. The lowest BCUT2D eigenvalue weighted by atomic mass is 9.93. The van der Waals surface area contributed by atoms with Crippen molar-refractivity contribution in [3.8, 4) is 11.1 Å². The van der Waals surface area contributed by atoms with Gasteiger partial charge in [0.05, 0.1) is 22.3 Å². The van der Waals surface area contributed by atoms with Crippen LogP contribution in [-0.4, -0.2) is 17.0 Å². The van der Waals surface area contributed by atoms with Crippen LogP contribution in [0.15, 0.2) is 60.7 Å². The third-order valence-corrected chi connectivity index (χ3v) is 4.76. The summed E-state index contributed by atoms with van der Waals surface area (Å²) in [5.41, 5.74) is -4.77. The van der Waals surface area contributed by atoms with Gasteiger partial charge in [0.1, 0.15) is 0 Å². The number of aromatic carboxylic acids is 1. The minimum atomic E-state index is -5.04. The van der Waals surface area contributed by atoms with Gasteiger partial charge in [-0.3, -0.25) is 4.79 Å². The quantitative estimate of drug-likeness (QED) is 0.422. The zero-order valence-corrected chi connectivity index (χ0v) is 16.8. The van der Waals surface area contributed by atoms with Crippen LogP contribution in [0.5, 0.6) is 0 Å². The Balaban J connectivity index is 2.09. The molecule has 3 rings (SSSR count). The maximum atomic E-state index is 13.8. The van der Waals surface area contributed by atoms with Crippen molar-refractivity contribution in [2.75, 3.05) is 5.32 Å². The van der Waals surface area contributed by atoms with Crippen molar-refractivity contribution < 1.29 is 41.0 Å². The Morgan fingerprint density at radius 2 is 1.27 bits per heavy atom. The molecule has 0 radical (unpaired) electrons. The van der Waals surface area contributed by atoms with Gasteiger partial charge in [0.15, 0.2) is 0 Å². The Morgan fingerprint density at radius 3 is 1.82 bits per heavy atom. The first kappa shape index (κ1) is 23.8. The van der Waals surface area contributed by atoms with E-state index in [-0.39, 0.29) is 22.4 Å². The summed E-state index contributed by atoms with van der Waals surface area (Å²) in [5, 5.41) is 11.4. The molecular weight excluding hydrogens is 452 g/mol. The summed E-state index contributed by atoms with van der Waals surface area (Å²) in [7, 11) is 0. The van der Waals surface area contributed by atoms with Crippen molar-refractivity contribution in [2.24, 2.45) is 0 Å². The number of aryl methyl sites for hydroxylation is 1. The van der Waals surface area contributed by atoms with Crippen LogP contribution in [-0.2, 0) is 12.4 Å². The van der Waals surface area contributed by atoms with E-state index in [1.165, 1.54) is 31.2 Å². The monoisotopic (exact) mass is 467 g/mol. The molecule has 3 aromatic rings. The van der Waals surface area contributed by atoms with E-state index in [2.05, 4.69) is 5.32 Å². The van der Waals surface area contributed by atoms with Crippen LogP contribution < -0.4 is 5.32 Å². The number of carboxylic acids is 1. The number of halogens is 6. The fraction of sp³-hybridized carbons (Fsp3) is 0.130. The van der Waals surface area contributed by atoms with Crippen molar-refractivity contribution in [3.05, 3.63) is 88.5 Å². The molecule has 10 heteroatoms. The molecule has 0 aromatic heterocycles. The Morgan fingerprint density at radius 1 is 0.758 bits per heavy atom. The molecular formula is C23H15F6NO3. The maximum absolute atomic E-state index is 13.8. The highest BCUT2D eigenvalue weighted by Gasteiger charge is 2.38. The first-order valence-corrected chi connectivity index (χ1v) is 9.32. The zero-order chi connectivity index (χ0) is 24.6. The van der Waals surface area contributed by atoms with Crippen LogP contribution in [0.3, 0.4) is 0 Å². The molecule has 0 atom stereocenters. The molecule has 0 saturated heterocycles. The fourth-order valence-corrected chi connectivity index (χ4v) is 3.28. The van der Waals surface area contributed by atoms with Gasteiger partial charge < -0.3 is 10.4 Å². The topological polar surface area (TPSA) is 66.4 Å². The lowest BCUT2D eigenvalue weighted by Crippen LogP contribution is -2.17. The molecule has 0 aliphatic carbocycles. The van der Waals surface area contributed by atoms with E-state index in [0.29, 0.717) is 6.07 Å². The number of hydrogen-bond donors (Lipinski definition) is 2. The van der Waals surface area contributed by atoms with Crippen LogP contribution in [0.2, 0.25) is 0 Å². The van der Waals surface area contributed by atoms with Gasteiger partial charge in [-0.2, -0.15) is 26.3 Å². The van der Waals surface area contributed by atoms with E-state index in [1.54, 1.807) is 0 Å². The van der Waals surface area contributed by atoms with Crippen molar-refractivity contribution in [3.63, 3.8) is 0 Å². The number of hydrogen-bond acceptors (Lipinski definition) is 2. The SMILES string of the molecule is Cc1ccc(-c2ccc(NC(=O)c3ccccc3C(=O)O)cc2C(F)(F)F)c(C(F)(F)F)c1. The third-order valence-electron chi connectivity index (χ3n) is 4.76. The Labute approximate surface area is 183 Å². The van der Waals surface area contributed by atoms with Crippen LogP contribution in [0.1, 0.15) is 37.4 Å². The molecule has 3 aromatic carbocycles. The van der Waals surface area contributed by atoms with Gasteiger partial charge in [-0.05, 0) is 48.4 Å². The van der Waals surface area contributed by atoms with E-state index in [0.717, 1.165) is 30.3 Å². The van der Waals surface area contributed by atoms with Crippen LogP contribution >= 0.6 is 0 Å². The van der Waals surface area contributed by atoms with E-state index in [9.17, 15) is 41.0 Å². The average Bonchev–Trinajstić information content (AvgIpc) is 2.72. The summed E-state index contributed by atoms with van der Waals surface area (Å²) in [6.45, 7) is 1.39. The molecule has 2 N–H and O–H groups in total. The number of rotatable bonds is 4. The second-order valence-electron chi connectivity index (χ2n) is 7.11. The van der Waals surface area contributed by atoms with Gasteiger partial charge in [0.25, 0.3) is 5.91 Å². The lowest BCUT2D eigenvalue weighted by molar-refractivity contribution is -0.139. The highest BCUT2D eigenvalue weighted by Crippen LogP contribution is 2.43. The molecule has 0 aliphatic rings. The van der Waals surface area contributed by atoms with Crippen molar-refractivity contribution in [2.45, 2.75) is 19.3 Å². The summed E-state index contributed by atoms with van der Waals surface area (Å²) in [6, 6.07) is 10.4. The van der Waals surface area contributed by atoms with E-state index < -0.39 is 46.5 Å². The minimum Gasteiger partial charge on any atom is -0.478 e. The number of nitrogens with one attached hydrogen (secondary N) is 1. The smallest absolute Gasteiger partial charge is 0.417 e. The van der Waals surface area contributed by atoms with Gasteiger partial charge in [-0.25, -0.2) is 4.79 Å². The van der Waals surface area contributed by atoms with Gasteiger partial charge >= 0.3 is 18.3 Å². The van der Waals surface area contributed by atoms with Crippen molar-refractivity contribution in [1.29, 1.82) is 0 Å². The van der Waals surface area contributed by atoms with Gasteiger partial charge in [0.2, 0.25) is 0 Å². The number of anilines is 1. The number of carbonyl (C=O) groups excluding carboxylic acids is 1. The van der Waals surface area contributed by atoms with Crippen molar-refractivity contribution in [1.82, 2.24) is 0 Å². The second-order valence-corrected chi connectivity index (χ2v) is 7.11. The number of carboxylic acid groups (broad SMARTS) is 1. The Kier molecular flexibility index (Phi) is 6.22. The Bertz CT molecular complexity index is 1230. The molecule has 33 heavy (non-hydrogen) atoms. The standard InChI is InChI=1S/C23H15F6NO3/c1-12-6-8-14(18(10-12)22(24,25)26)15-9-7-13(11-19(15)23(27,28)29)30-20(31)16-4-2-3-5-17(16)21(32)33/h2-11H,1H3,(H,30,31)(H,32,33). The number of carbonyl (C=O) groups is 2. The third kappa shape index (κ3) is 5.16. The lowest BCUT2D eigenvalue weighted by Gasteiger charge is -2.19. The van der Waals surface area contributed by atoms with Crippen LogP contribution in [0, 0.1) is 6.92 Å². The predicted octanol–water partition coefficient (Wildman–Crippen LogP) is 6.65. The van der Waals surface area contributed by atoms with Gasteiger partial charge in [-0.15, -0.1) is 0 Å². The molecule has 1 amide bonds. The minimum absolute atomic E-state index is 0.223. The Hall–Kier alpha value is -3.82. The first-order valence-electron chi connectivity index (χ1n) is 9.32. The molecule has 0 aliphatic heterocycles. The molecule has 0 saturated carbocycles. The first-order chi connectivity index (χ1) is 15.3. The fourth-order valence-electron chi connectivity index (χ4n) is 3.28. The highest BCUT2D eigenvalue weighted by atomic mass is 19.4. The number of alkyl halides is 6. The number of amides is 1. The van der Waals surface area contributed by atoms with Crippen LogP contribution in [0.25, 0.3) is 11.1 Å². The van der Waals surface area contributed by atoms with E-state index in [4.69, 9.17) is 0 Å². The van der Waals surface area contributed by atoms with Crippen LogP contribution in [0.4, 0.5) is 32.0 Å². The van der Waals surface area contributed by atoms with Gasteiger partial charge in [-0.1, -0.05) is 35.9 Å². The highest BCUT2D eigenvalue weighted by molar-refractivity contribution is 6.10. The normalized spacial score (nSPS) is 11.8. The van der Waals surface area contributed by atoms with Crippen molar-refractivity contribution >= 4 is 17.6 Å². The molecule has 4 nitrogen and oxygen atoms in total.